The number of hydrogen-bond acceptors (Lipinski definition) is 4. The quantitative estimate of drug-likeness (QED) is 0.599. The molecule has 0 radical (unpaired) electrons. The zero-order valence-electron chi connectivity index (χ0n) is 15.1. The third-order valence-electron chi connectivity index (χ3n) is 4.15. The topological polar surface area (TPSA) is 72.0 Å². The van der Waals surface area contributed by atoms with Crippen molar-refractivity contribution in [2.45, 2.75) is 31.6 Å². The Hall–Kier alpha value is -2.44. The smallest absolute Gasteiger partial charge is 0.263 e. The van der Waals surface area contributed by atoms with Crippen LogP contribution in [0, 0.1) is 6.92 Å². The average molecular weight is 402 g/mol. The fraction of sp³-hybridized carbons (Fsp3) is 0.200. The molecule has 0 aliphatic carbocycles. The standard InChI is InChI=1S/C20H20ClN3O2S/c1-3-6-15-7-4-5-8-17(15)27(25,26)24-20-18(19(21)22-13-23-20)16-11-9-14(2)10-12-16/h4-5,7-13H,3,6H2,1-2H3,(H,22,23,24). The van der Waals surface area contributed by atoms with Crippen LogP contribution in [0.2, 0.25) is 5.15 Å². The molecule has 1 aromatic heterocycles. The van der Waals surface area contributed by atoms with Crippen LogP contribution in [0.3, 0.4) is 0 Å². The molecule has 0 amide bonds. The van der Waals surface area contributed by atoms with E-state index in [0.29, 0.717) is 12.0 Å². The first-order valence-electron chi connectivity index (χ1n) is 8.60. The molecule has 0 fully saturated rings. The maximum absolute atomic E-state index is 13.0. The van der Waals surface area contributed by atoms with Crippen molar-refractivity contribution in [1.29, 1.82) is 0 Å². The van der Waals surface area contributed by atoms with Crippen LogP contribution in [-0.4, -0.2) is 18.4 Å². The third kappa shape index (κ3) is 4.28. The van der Waals surface area contributed by atoms with Gasteiger partial charge in [-0.1, -0.05) is 73.0 Å². The van der Waals surface area contributed by atoms with E-state index in [1.165, 1.54) is 6.33 Å². The molecule has 5 nitrogen and oxygen atoms in total. The summed E-state index contributed by atoms with van der Waals surface area (Å²) in [5.41, 5.74) is 3.05. The van der Waals surface area contributed by atoms with E-state index >= 15 is 0 Å². The lowest BCUT2D eigenvalue weighted by atomic mass is 10.1. The van der Waals surface area contributed by atoms with Crippen LogP contribution < -0.4 is 4.72 Å². The van der Waals surface area contributed by atoms with Crippen molar-refractivity contribution >= 4 is 27.4 Å². The van der Waals surface area contributed by atoms with Gasteiger partial charge in [-0.25, -0.2) is 18.4 Å². The van der Waals surface area contributed by atoms with Crippen LogP contribution in [0.1, 0.15) is 24.5 Å². The molecule has 3 rings (SSSR count). The van der Waals surface area contributed by atoms with Gasteiger partial charge in [-0.05, 0) is 30.5 Å². The number of benzene rings is 2. The van der Waals surface area contributed by atoms with E-state index in [2.05, 4.69) is 14.7 Å². The Morgan fingerprint density at radius 3 is 2.44 bits per heavy atom. The largest absolute Gasteiger partial charge is 0.263 e. The number of nitrogens with zero attached hydrogens (tertiary/aromatic N) is 2. The Kier molecular flexibility index (Phi) is 5.77. The van der Waals surface area contributed by atoms with Crippen molar-refractivity contribution in [2.75, 3.05) is 4.72 Å². The molecule has 0 aliphatic heterocycles. The molecule has 0 aliphatic rings. The number of rotatable bonds is 6. The van der Waals surface area contributed by atoms with Gasteiger partial charge in [0.2, 0.25) is 0 Å². The molecule has 1 heterocycles. The van der Waals surface area contributed by atoms with Crippen molar-refractivity contribution in [3.63, 3.8) is 0 Å². The molecule has 0 bridgehead atoms. The first kappa shape index (κ1) is 19.3. The lowest BCUT2D eigenvalue weighted by Gasteiger charge is -2.14. The SMILES string of the molecule is CCCc1ccccc1S(=O)(=O)Nc1ncnc(Cl)c1-c1ccc(C)cc1. The van der Waals surface area contributed by atoms with Crippen LogP contribution in [-0.2, 0) is 16.4 Å². The summed E-state index contributed by atoms with van der Waals surface area (Å²) in [5.74, 6) is 0.158. The van der Waals surface area contributed by atoms with Gasteiger partial charge in [0.15, 0.2) is 5.82 Å². The minimum absolute atomic E-state index is 0.158. The molecule has 1 N–H and O–H groups in total. The zero-order chi connectivity index (χ0) is 19.4. The van der Waals surface area contributed by atoms with Crippen LogP contribution in [0.25, 0.3) is 11.1 Å². The highest BCUT2D eigenvalue weighted by Crippen LogP contribution is 2.33. The minimum Gasteiger partial charge on any atom is -0.263 e. The van der Waals surface area contributed by atoms with Crippen molar-refractivity contribution < 1.29 is 8.42 Å². The van der Waals surface area contributed by atoms with E-state index in [-0.39, 0.29) is 15.9 Å². The van der Waals surface area contributed by atoms with Gasteiger partial charge >= 0.3 is 0 Å². The predicted octanol–water partition coefficient (Wildman–Crippen LogP) is 4.86. The third-order valence-corrected chi connectivity index (χ3v) is 5.88. The highest BCUT2D eigenvalue weighted by atomic mass is 35.5. The van der Waals surface area contributed by atoms with Crippen molar-refractivity contribution in [3.8, 4) is 11.1 Å². The maximum Gasteiger partial charge on any atom is 0.263 e. The molecule has 2 aromatic carbocycles. The second kappa shape index (κ2) is 8.06. The van der Waals surface area contributed by atoms with Crippen LogP contribution in [0.5, 0.6) is 0 Å². The van der Waals surface area contributed by atoms with E-state index < -0.39 is 10.0 Å². The summed E-state index contributed by atoms with van der Waals surface area (Å²) in [4.78, 5) is 8.39. The Labute approximate surface area is 164 Å². The highest BCUT2D eigenvalue weighted by Gasteiger charge is 2.22. The fourth-order valence-electron chi connectivity index (χ4n) is 2.84. The Morgan fingerprint density at radius 2 is 1.74 bits per heavy atom. The van der Waals surface area contributed by atoms with Crippen molar-refractivity contribution in [3.05, 3.63) is 71.1 Å². The highest BCUT2D eigenvalue weighted by molar-refractivity contribution is 7.92. The Balaban J connectivity index is 2.06. The van der Waals surface area contributed by atoms with Crippen LogP contribution >= 0.6 is 11.6 Å². The normalized spacial score (nSPS) is 11.4. The van der Waals surface area contributed by atoms with Crippen LogP contribution in [0.4, 0.5) is 5.82 Å². The Bertz CT molecular complexity index is 1050. The predicted molar refractivity (Wildman–Crippen MR) is 108 cm³/mol. The van der Waals surface area contributed by atoms with Gasteiger partial charge in [0, 0.05) is 0 Å². The first-order valence-corrected chi connectivity index (χ1v) is 10.5. The van der Waals surface area contributed by atoms with Crippen molar-refractivity contribution in [2.24, 2.45) is 0 Å². The van der Waals surface area contributed by atoms with E-state index in [9.17, 15) is 8.42 Å². The molecule has 0 atom stereocenters. The summed E-state index contributed by atoms with van der Waals surface area (Å²) in [5, 5.41) is 0.188. The summed E-state index contributed by atoms with van der Waals surface area (Å²) in [6.07, 6.45) is 2.77. The number of sulfonamides is 1. The summed E-state index contributed by atoms with van der Waals surface area (Å²) in [7, 11) is -3.82. The molecule has 0 unspecified atom stereocenters. The maximum atomic E-state index is 13.0. The van der Waals surface area contributed by atoms with Gasteiger partial charge in [-0.2, -0.15) is 0 Å². The van der Waals surface area contributed by atoms with E-state index in [1.54, 1.807) is 12.1 Å². The zero-order valence-corrected chi connectivity index (χ0v) is 16.7. The number of nitrogens with one attached hydrogen (secondary N) is 1. The van der Waals surface area contributed by atoms with Crippen LogP contribution in [0.15, 0.2) is 59.8 Å². The molecule has 7 heteroatoms. The summed E-state index contributed by atoms with van der Waals surface area (Å²) in [6, 6.07) is 14.5. The summed E-state index contributed by atoms with van der Waals surface area (Å²) < 4.78 is 28.7. The van der Waals surface area contributed by atoms with Gasteiger partial charge in [0.1, 0.15) is 11.5 Å². The second-order valence-electron chi connectivity index (χ2n) is 6.22. The molecule has 3 aromatic rings. The average Bonchev–Trinajstić information content (AvgIpc) is 2.63. The van der Waals surface area contributed by atoms with Gasteiger partial charge < -0.3 is 0 Å². The second-order valence-corrected chi connectivity index (χ2v) is 8.23. The number of aryl methyl sites for hydroxylation is 2. The molecule has 27 heavy (non-hydrogen) atoms. The van der Waals surface area contributed by atoms with Gasteiger partial charge in [-0.3, -0.25) is 4.72 Å². The Morgan fingerprint density at radius 1 is 1.04 bits per heavy atom. The molecule has 0 spiro atoms. The molecule has 0 saturated heterocycles. The number of anilines is 1. The van der Waals surface area contributed by atoms with E-state index in [4.69, 9.17) is 11.6 Å². The molecular weight excluding hydrogens is 382 g/mol. The van der Waals surface area contributed by atoms with E-state index in [0.717, 1.165) is 23.1 Å². The number of hydrogen-bond donors (Lipinski definition) is 1. The number of halogens is 1. The lowest BCUT2D eigenvalue weighted by molar-refractivity contribution is 0.599. The molecular formula is C20H20ClN3O2S. The summed E-state index contributed by atoms with van der Waals surface area (Å²) >= 11 is 6.27. The molecule has 0 saturated carbocycles. The minimum atomic E-state index is -3.82. The molecule has 140 valence electrons. The lowest BCUT2D eigenvalue weighted by Crippen LogP contribution is -2.17. The van der Waals surface area contributed by atoms with E-state index in [1.807, 2.05) is 50.2 Å². The van der Waals surface area contributed by atoms with Crippen molar-refractivity contribution in [1.82, 2.24) is 9.97 Å². The first-order chi connectivity index (χ1) is 12.9. The van der Waals surface area contributed by atoms with Gasteiger partial charge in [-0.15, -0.1) is 0 Å². The fourth-order valence-corrected chi connectivity index (χ4v) is 4.38. The van der Waals surface area contributed by atoms with Gasteiger partial charge in [0.05, 0.1) is 10.5 Å². The summed E-state index contributed by atoms with van der Waals surface area (Å²) in [6.45, 7) is 3.98. The number of aromatic nitrogens is 2. The monoisotopic (exact) mass is 401 g/mol. The van der Waals surface area contributed by atoms with Gasteiger partial charge in [0.25, 0.3) is 10.0 Å².